The summed E-state index contributed by atoms with van der Waals surface area (Å²) in [5.74, 6) is -1.36. The molecule has 0 atom stereocenters. The van der Waals surface area contributed by atoms with Crippen molar-refractivity contribution < 1.29 is 27.8 Å². The lowest BCUT2D eigenvalue weighted by atomic mass is 9.85. The fraction of sp³-hybridized carbons (Fsp3) is 0.357. The van der Waals surface area contributed by atoms with Crippen LogP contribution in [0.1, 0.15) is 41.5 Å². The molecule has 2 N–H and O–H groups in total. The molecule has 0 spiro atoms. The van der Waals surface area contributed by atoms with E-state index >= 15 is 0 Å². The molecule has 1 fully saturated rings. The second-order valence-electron chi connectivity index (χ2n) is 5.18. The van der Waals surface area contributed by atoms with E-state index in [1.165, 1.54) is 12.3 Å². The van der Waals surface area contributed by atoms with E-state index in [2.05, 4.69) is 19.7 Å². The van der Waals surface area contributed by atoms with Gasteiger partial charge in [0.05, 0.1) is 0 Å². The first-order valence-electron chi connectivity index (χ1n) is 6.89. The molecule has 3 rings (SSSR count). The lowest BCUT2D eigenvalue weighted by Crippen LogP contribution is -2.18. The first-order chi connectivity index (χ1) is 10.8. The van der Waals surface area contributed by atoms with Gasteiger partial charge in [0.15, 0.2) is 11.4 Å². The summed E-state index contributed by atoms with van der Waals surface area (Å²) in [7, 11) is 0. The van der Waals surface area contributed by atoms with Gasteiger partial charge in [-0.1, -0.05) is 6.42 Å². The predicted octanol–water partition coefficient (Wildman–Crippen LogP) is 3.34. The van der Waals surface area contributed by atoms with Crippen molar-refractivity contribution in [1.82, 2.24) is 15.0 Å². The molecule has 1 saturated carbocycles. The Balaban J connectivity index is 2.07. The van der Waals surface area contributed by atoms with Crippen LogP contribution in [-0.2, 0) is 0 Å². The number of rotatable bonds is 4. The monoisotopic (exact) mass is 327 g/mol. The predicted molar refractivity (Wildman–Crippen MR) is 72.1 cm³/mol. The zero-order valence-electron chi connectivity index (χ0n) is 11.7. The van der Waals surface area contributed by atoms with E-state index in [-0.39, 0.29) is 23.0 Å². The molecule has 2 aromatic heterocycles. The summed E-state index contributed by atoms with van der Waals surface area (Å²) in [4.78, 5) is 22.0. The van der Waals surface area contributed by atoms with Crippen molar-refractivity contribution in [1.29, 1.82) is 0 Å². The number of imidazole rings is 1. The third-order valence-electron chi connectivity index (χ3n) is 3.65. The van der Waals surface area contributed by atoms with E-state index in [0.29, 0.717) is 5.82 Å². The largest absolute Gasteiger partial charge is 0.573 e. The molecule has 9 heteroatoms. The Morgan fingerprint density at radius 2 is 2.09 bits per heavy atom. The van der Waals surface area contributed by atoms with Gasteiger partial charge in [-0.25, -0.2) is 9.78 Å². The summed E-state index contributed by atoms with van der Waals surface area (Å²) in [6.07, 6.45) is -0.925. The van der Waals surface area contributed by atoms with Gasteiger partial charge < -0.3 is 14.8 Å². The molecule has 6 nitrogen and oxygen atoms in total. The van der Waals surface area contributed by atoms with Gasteiger partial charge in [0.2, 0.25) is 0 Å². The molecule has 0 aromatic carbocycles. The van der Waals surface area contributed by atoms with Crippen molar-refractivity contribution in [2.45, 2.75) is 31.5 Å². The molecule has 0 unspecified atom stereocenters. The molecule has 1 aliphatic carbocycles. The topological polar surface area (TPSA) is 88.1 Å². The van der Waals surface area contributed by atoms with Crippen LogP contribution in [0.2, 0.25) is 0 Å². The maximum absolute atomic E-state index is 12.5. The van der Waals surface area contributed by atoms with E-state index in [1.54, 1.807) is 0 Å². The van der Waals surface area contributed by atoms with Gasteiger partial charge in [-0.15, -0.1) is 13.2 Å². The summed E-state index contributed by atoms with van der Waals surface area (Å²) in [5, 5.41) is 9.27. The van der Waals surface area contributed by atoms with Gasteiger partial charge in [0.25, 0.3) is 0 Å². The zero-order valence-corrected chi connectivity index (χ0v) is 11.7. The molecule has 0 bridgehead atoms. The van der Waals surface area contributed by atoms with Gasteiger partial charge in [0, 0.05) is 12.1 Å². The van der Waals surface area contributed by atoms with Crippen molar-refractivity contribution >= 4 is 5.97 Å². The van der Waals surface area contributed by atoms with Crippen LogP contribution >= 0.6 is 0 Å². The average molecular weight is 327 g/mol. The van der Waals surface area contributed by atoms with E-state index in [9.17, 15) is 23.1 Å². The zero-order chi connectivity index (χ0) is 16.6. The third kappa shape index (κ3) is 3.13. The van der Waals surface area contributed by atoms with E-state index in [1.807, 2.05) is 0 Å². The number of halogens is 3. The van der Waals surface area contributed by atoms with Crippen LogP contribution in [0, 0.1) is 0 Å². The summed E-state index contributed by atoms with van der Waals surface area (Å²) in [6.45, 7) is 0. The minimum atomic E-state index is -4.91. The second kappa shape index (κ2) is 5.56. The summed E-state index contributed by atoms with van der Waals surface area (Å²) < 4.78 is 41.4. The number of aromatic nitrogens is 3. The Hall–Kier alpha value is -2.58. The van der Waals surface area contributed by atoms with Gasteiger partial charge >= 0.3 is 12.3 Å². The number of hydrogen-bond acceptors (Lipinski definition) is 4. The first-order valence-corrected chi connectivity index (χ1v) is 6.89. The Morgan fingerprint density at radius 3 is 2.65 bits per heavy atom. The quantitative estimate of drug-likeness (QED) is 0.899. The van der Waals surface area contributed by atoms with Gasteiger partial charge in [-0.05, 0) is 25.0 Å². The molecule has 0 radical (unpaired) electrons. The van der Waals surface area contributed by atoms with Gasteiger partial charge in [-0.2, -0.15) is 0 Å². The van der Waals surface area contributed by atoms with Crippen molar-refractivity contribution in [3.8, 4) is 17.1 Å². The van der Waals surface area contributed by atoms with Crippen LogP contribution in [0.15, 0.2) is 18.3 Å². The summed E-state index contributed by atoms with van der Waals surface area (Å²) in [6, 6.07) is 2.34. The summed E-state index contributed by atoms with van der Waals surface area (Å²) in [5.41, 5.74) is -0.707. The molecule has 2 heterocycles. The number of H-pyrrole nitrogens is 1. The highest BCUT2D eigenvalue weighted by atomic mass is 19.4. The lowest BCUT2D eigenvalue weighted by molar-refractivity contribution is -0.274. The van der Waals surface area contributed by atoms with E-state index in [0.717, 1.165) is 25.3 Å². The number of hydrogen-bond donors (Lipinski definition) is 2. The normalized spacial score (nSPS) is 15.3. The third-order valence-corrected chi connectivity index (χ3v) is 3.65. The number of aromatic amines is 1. The Morgan fingerprint density at radius 1 is 1.35 bits per heavy atom. The number of carbonyl (C=O) groups is 1. The highest BCUT2D eigenvalue weighted by molar-refractivity contribution is 5.93. The molecule has 122 valence electrons. The molecule has 23 heavy (non-hydrogen) atoms. The molecule has 0 saturated heterocycles. The van der Waals surface area contributed by atoms with E-state index in [4.69, 9.17) is 0 Å². The van der Waals surface area contributed by atoms with Crippen LogP contribution in [0.25, 0.3) is 11.4 Å². The van der Waals surface area contributed by atoms with Crippen LogP contribution in [-0.4, -0.2) is 32.4 Å². The standard InChI is InChI=1S/C14H12F3N3O3/c15-14(16,17)23-8-5-2-6-18-9(8)10-11(13(21)22)20-12(19-10)7-3-1-4-7/h2,5-7H,1,3-4H2,(H,19,20)(H,21,22). The number of ether oxygens (including phenoxy) is 1. The Kier molecular flexibility index (Phi) is 3.70. The highest BCUT2D eigenvalue weighted by Gasteiger charge is 2.34. The maximum Gasteiger partial charge on any atom is 0.573 e. The van der Waals surface area contributed by atoms with Crippen molar-refractivity contribution in [3.63, 3.8) is 0 Å². The molecular formula is C14H12F3N3O3. The SMILES string of the molecule is O=C(O)c1[nH]c(C2CCC2)nc1-c1ncccc1OC(F)(F)F. The number of carboxylic acid groups (broad SMARTS) is 1. The van der Waals surface area contributed by atoms with Gasteiger partial charge in [0.1, 0.15) is 17.2 Å². The lowest BCUT2D eigenvalue weighted by Gasteiger charge is -2.22. The van der Waals surface area contributed by atoms with E-state index < -0.39 is 18.1 Å². The van der Waals surface area contributed by atoms with Crippen molar-refractivity contribution in [3.05, 3.63) is 29.8 Å². The molecule has 0 amide bonds. The van der Waals surface area contributed by atoms with Crippen LogP contribution in [0.4, 0.5) is 13.2 Å². The summed E-state index contributed by atoms with van der Waals surface area (Å²) >= 11 is 0. The molecule has 0 aliphatic heterocycles. The fourth-order valence-electron chi connectivity index (χ4n) is 2.37. The maximum atomic E-state index is 12.5. The molecular weight excluding hydrogens is 315 g/mol. The minimum absolute atomic E-state index is 0.0950. The number of aromatic carboxylic acids is 1. The van der Waals surface area contributed by atoms with Crippen LogP contribution < -0.4 is 4.74 Å². The van der Waals surface area contributed by atoms with Crippen LogP contribution in [0.5, 0.6) is 5.75 Å². The van der Waals surface area contributed by atoms with Crippen molar-refractivity contribution in [2.24, 2.45) is 0 Å². The molecule has 1 aliphatic rings. The second-order valence-corrected chi connectivity index (χ2v) is 5.18. The van der Waals surface area contributed by atoms with Crippen LogP contribution in [0.3, 0.4) is 0 Å². The number of nitrogens with zero attached hydrogens (tertiary/aromatic N) is 2. The number of nitrogens with one attached hydrogen (secondary N) is 1. The van der Waals surface area contributed by atoms with Gasteiger partial charge in [-0.3, -0.25) is 4.98 Å². The first kappa shape index (κ1) is 15.3. The Labute approximate surface area is 128 Å². The highest BCUT2D eigenvalue weighted by Crippen LogP contribution is 2.38. The fourth-order valence-corrected chi connectivity index (χ4v) is 2.37. The molecule has 2 aromatic rings. The number of alkyl halides is 3. The smallest absolute Gasteiger partial charge is 0.477 e. The number of carboxylic acids is 1. The Bertz CT molecular complexity index is 738. The number of pyridine rings is 1. The average Bonchev–Trinajstić information content (AvgIpc) is 2.80. The van der Waals surface area contributed by atoms with Crippen molar-refractivity contribution in [2.75, 3.05) is 0 Å². The minimum Gasteiger partial charge on any atom is -0.477 e.